The van der Waals surface area contributed by atoms with E-state index in [0.29, 0.717) is 29.9 Å². The lowest BCUT2D eigenvalue weighted by Gasteiger charge is -2.28. The van der Waals surface area contributed by atoms with Gasteiger partial charge in [0.15, 0.2) is 0 Å². The van der Waals surface area contributed by atoms with Crippen molar-refractivity contribution < 1.29 is 5.11 Å². The molecular weight excluding hydrogens is 350 g/mol. The number of phenols is 1. The third-order valence-electron chi connectivity index (χ3n) is 4.79. The molecule has 0 aliphatic heterocycles. The number of nitrogens with zero attached hydrogens (tertiary/aromatic N) is 1. The van der Waals surface area contributed by atoms with Gasteiger partial charge in [-0.15, -0.1) is 0 Å². The quantitative estimate of drug-likeness (QED) is 0.524. The van der Waals surface area contributed by atoms with Crippen LogP contribution in [0, 0.1) is 0 Å². The van der Waals surface area contributed by atoms with Gasteiger partial charge in [0.05, 0.1) is 5.56 Å². The molecule has 4 aromatic carbocycles. The first-order valence-electron chi connectivity index (χ1n) is 9.09. The van der Waals surface area contributed by atoms with E-state index in [1.807, 2.05) is 65.6 Å². The summed E-state index contributed by atoms with van der Waals surface area (Å²) in [5.74, 6) is 0.120. The molecule has 0 heterocycles. The molecule has 0 bridgehead atoms. The minimum Gasteiger partial charge on any atom is -0.508 e. The fourth-order valence-corrected chi connectivity index (χ4v) is 3.40. The van der Waals surface area contributed by atoms with Crippen molar-refractivity contribution in [1.82, 2.24) is 0 Å². The molecule has 0 radical (unpaired) electrons. The van der Waals surface area contributed by atoms with Crippen LogP contribution in [0.5, 0.6) is 5.75 Å². The predicted octanol–water partition coefficient (Wildman–Crippen LogP) is 3.86. The van der Waals surface area contributed by atoms with Crippen LogP contribution in [-0.2, 0) is 13.1 Å². The van der Waals surface area contributed by atoms with Gasteiger partial charge in [-0.3, -0.25) is 9.59 Å². The summed E-state index contributed by atoms with van der Waals surface area (Å²) in [7, 11) is 0. The minimum atomic E-state index is -0.480. The number of hydrogen-bond donors (Lipinski definition) is 1. The van der Waals surface area contributed by atoms with Gasteiger partial charge in [-0.1, -0.05) is 72.8 Å². The summed E-state index contributed by atoms with van der Waals surface area (Å²) in [5.41, 5.74) is 2.66. The maximum atomic E-state index is 12.5. The second-order valence-electron chi connectivity index (χ2n) is 6.76. The van der Waals surface area contributed by atoms with Crippen molar-refractivity contribution in [3.63, 3.8) is 0 Å². The summed E-state index contributed by atoms with van der Waals surface area (Å²) in [6.07, 6.45) is 0. The second-order valence-corrected chi connectivity index (χ2v) is 6.76. The highest BCUT2D eigenvalue weighted by Gasteiger charge is 2.27. The number of phenolic OH excluding ortho intramolecular Hbond substituents is 1. The molecule has 138 valence electrons. The van der Waals surface area contributed by atoms with Crippen molar-refractivity contribution in [2.45, 2.75) is 13.1 Å². The summed E-state index contributed by atoms with van der Waals surface area (Å²) < 4.78 is 0. The Labute approximate surface area is 162 Å². The van der Waals surface area contributed by atoms with Crippen LogP contribution in [0.4, 0.5) is 5.69 Å². The van der Waals surface area contributed by atoms with E-state index in [0.717, 1.165) is 11.1 Å². The molecule has 0 aliphatic rings. The summed E-state index contributed by atoms with van der Waals surface area (Å²) in [6, 6.07) is 26.1. The lowest BCUT2D eigenvalue weighted by Crippen LogP contribution is -2.41. The molecule has 0 atom stereocenters. The van der Waals surface area contributed by atoms with Crippen molar-refractivity contribution in [3.8, 4) is 16.9 Å². The van der Waals surface area contributed by atoms with E-state index >= 15 is 0 Å². The average molecular weight is 369 g/mol. The number of hydrogen-bond acceptors (Lipinski definition) is 4. The molecule has 0 unspecified atom stereocenters. The molecule has 0 fully saturated rings. The maximum Gasteiger partial charge on any atom is 0.250 e. The van der Waals surface area contributed by atoms with Crippen LogP contribution in [0.1, 0.15) is 11.1 Å². The molecule has 4 heteroatoms. The SMILES string of the molecule is O=c1c(-c2ccc(O)cc2)c(N(Cc2ccccc2)Cc2ccccc2)c1=O. The van der Waals surface area contributed by atoms with Crippen molar-refractivity contribution in [3.05, 3.63) is 117 Å². The molecule has 4 nitrogen and oxygen atoms in total. The zero-order valence-electron chi connectivity index (χ0n) is 15.2. The van der Waals surface area contributed by atoms with Gasteiger partial charge in [-0.2, -0.15) is 0 Å². The minimum absolute atomic E-state index is 0.120. The molecule has 0 spiro atoms. The van der Waals surface area contributed by atoms with E-state index in [1.54, 1.807) is 12.1 Å². The first kappa shape index (κ1) is 17.7. The molecule has 0 amide bonds. The van der Waals surface area contributed by atoms with Gasteiger partial charge in [0, 0.05) is 13.1 Å². The van der Waals surface area contributed by atoms with Gasteiger partial charge < -0.3 is 10.0 Å². The zero-order valence-corrected chi connectivity index (χ0v) is 15.2. The fourth-order valence-electron chi connectivity index (χ4n) is 3.40. The summed E-state index contributed by atoms with van der Waals surface area (Å²) in [5, 5.41) is 9.53. The van der Waals surface area contributed by atoms with Crippen molar-refractivity contribution >= 4 is 5.69 Å². The Hall–Kier alpha value is -3.66. The van der Waals surface area contributed by atoms with Gasteiger partial charge >= 0.3 is 0 Å². The third-order valence-corrected chi connectivity index (χ3v) is 4.79. The van der Waals surface area contributed by atoms with E-state index in [9.17, 15) is 14.7 Å². The van der Waals surface area contributed by atoms with Crippen LogP contribution in [0.15, 0.2) is 94.5 Å². The number of benzene rings is 3. The monoisotopic (exact) mass is 369 g/mol. The van der Waals surface area contributed by atoms with Crippen LogP contribution in [0.25, 0.3) is 11.1 Å². The normalized spacial score (nSPS) is 10.9. The highest BCUT2D eigenvalue weighted by atomic mass is 16.3. The molecule has 0 aromatic heterocycles. The van der Waals surface area contributed by atoms with Gasteiger partial charge in [0.25, 0.3) is 0 Å². The Bertz CT molecular complexity index is 1100. The van der Waals surface area contributed by atoms with Crippen LogP contribution in [-0.4, -0.2) is 5.11 Å². The molecule has 0 saturated heterocycles. The van der Waals surface area contributed by atoms with Crippen LogP contribution >= 0.6 is 0 Å². The lowest BCUT2D eigenvalue weighted by molar-refractivity contribution is 0.475. The van der Waals surface area contributed by atoms with Gasteiger partial charge in [0.1, 0.15) is 11.4 Å². The first-order chi connectivity index (χ1) is 13.6. The molecule has 4 aromatic rings. The molecular formula is C24H19NO3. The van der Waals surface area contributed by atoms with Crippen LogP contribution in [0.2, 0.25) is 0 Å². The maximum absolute atomic E-state index is 12.5. The van der Waals surface area contributed by atoms with Crippen molar-refractivity contribution in [2.75, 3.05) is 4.90 Å². The van der Waals surface area contributed by atoms with Gasteiger partial charge in [0.2, 0.25) is 10.9 Å². The van der Waals surface area contributed by atoms with E-state index < -0.39 is 10.9 Å². The van der Waals surface area contributed by atoms with Crippen LogP contribution < -0.4 is 15.8 Å². The Morgan fingerprint density at radius 3 is 1.64 bits per heavy atom. The molecule has 0 saturated carbocycles. The molecule has 1 N–H and O–H groups in total. The van der Waals surface area contributed by atoms with Gasteiger partial charge in [-0.05, 0) is 28.8 Å². The van der Waals surface area contributed by atoms with E-state index in [4.69, 9.17) is 0 Å². The Morgan fingerprint density at radius 2 is 1.14 bits per heavy atom. The standard InChI is InChI=1S/C24H19NO3/c26-20-13-11-19(12-14-20)21-22(24(28)23(21)27)25(15-17-7-3-1-4-8-17)16-18-9-5-2-6-10-18/h1-14,26H,15-16H2. The Morgan fingerprint density at radius 1 is 0.643 bits per heavy atom. The Kier molecular flexibility index (Phi) is 4.77. The molecule has 28 heavy (non-hydrogen) atoms. The highest BCUT2D eigenvalue weighted by Crippen LogP contribution is 2.30. The summed E-state index contributed by atoms with van der Waals surface area (Å²) in [6.45, 7) is 1.04. The van der Waals surface area contributed by atoms with Crippen LogP contribution in [0.3, 0.4) is 0 Å². The Balaban J connectivity index is 1.76. The number of anilines is 1. The van der Waals surface area contributed by atoms with Gasteiger partial charge in [-0.25, -0.2) is 0 Å². The van der Waals surface area contributed by atoms with Crippen molar-refractivity contribution in [2.24, 2.45) is 0 Å². The lowest BCUT2D eigenvalue weighted by atomic mass is 9.96. The summed E-state index contributed by atoms with van der Waals surface area (Å²) in [4.78, 5) is 26.9. The van der Waals surface area contributed by atoms with E-state index in [2.05, 4.69) is 0 Å². The van der Waals surface area contributed by atoms with E-state index in [1.165, 1.54) is 12.1 Å². The summed E-state index contributed by atoms with van der Waals surface area (Å²) >= 11 is 0. The molecule has 4 rings (SSSR count). The topological polar surface area (TPSA) is 57.6 Å². The first-order valence-corrected chi connectivity index (χ1v) is 9.09. The third kappa shape index (κ3) is 3.45. The number of aromatic hydroxyl groups is 1. The second kappa shape index (κ2) is 7.53. The fraction of sp³-hybridized carbons (Fsp3) is 0.0833. The smallest absolute Gasteiger partial charge is 0.250 e. The molecule has 0 aliphatic carbocycles. The largest absolute Gasteiger partial charge is 0.508 e. The highest BCUT2D eigenvalue weighted by molar-refractivity contribution is 5.82. The predicted molar refractivity (Wildman–Crippen MR) is 111 cm³/mol. The zero-order chi connectivity index (χ0) is 19.5. The van der Waals surface area contributed by atoms with Crippen molar-refractivity contribution in [1.29, 1.82) is 0 Å². The van der Waals surface area contributed by atoms with E-state index in [-0.39, 0.29) is 5.75 Å². The average Bonchev–Trinajstić information content (AvgIpc) is 2.73. The number of rotatable bonds is 6.